The molecule has 1 aliphatic rings. The normalized spacial score (nSPS) is 20.6. The summed E-state index contributed by atoms with van der Waals surface area (Å²) in [7, 11) is 0. The van der Waals surface area contributed by atoms with Crippen molar-refractivity contribution in [3.63, 3.8) is 0 Å². The van der Waals surface area contributed by atoms with Crippen LogP contribution in [0.15, 0.2) is 23.1 Å². The van der Waals surface area contributed by atoms with Crippen LogP contribution in [0.2, 0.25) is 0 Å². The number of likely N-dealkylation sites (tertiary alicyclic amines) is 1. The van der Waals surface area contributed by atoms with E-state index in [1.807, 2.05) is 0 Å². The molecule has 1 aromatic heterocycles. The molecule has 1 atom stereocenters. The molecule has 15 heavy (non-hydrogen) atoms. The Balaban J connectivity index is 2.22. The highest BCUT2D eigenvalue weighted by Crippen LogP contribution is 2.09. The number of H-pyrrole nitrogens is 1. The number of nitrogens with zero attached hydrogens (tertiary/aromatic N) is 1. The number of rotatable bonds is 1. The van der Waals surface area contributed by atoms with Crippen molar-refractivity contribution in [3.8, 4) is 0 Å². The van der Waals surface area contributed by atoms with Gasteiger partial charge in [0.05, 0.1) is 0 Å². The number of aromatic amines is 1. The number of nitrogens with two attached hydrogens (primary N) is 1. The van der Waals surface area contributed by atoms with Gasteiger partial charge in [-0.3, -0.25) is 9.59 Å². The van der Waals surface area contributed by atoms with Crippen LogP contribution in [0.1, 0.15) is 16.8 Å². The molecular formula is C10H13N3O2. The SMILES string of the molecule is N[C@H]1CCN(C(=O)c2ccc[nH]c2=O)C1. The van der Waals surface area contributed by atoms with Gasteiger partial charge in [0.25, 0.3) is 11.5 Å². The van der Waals surface area contributed by atoms with Gasteiger partial charge in [-0.25, -0.2) is 0 Å². The number of pyridine rings is 1. The van der Waals surface area contributed by atoms with Gasteiger partial charge in [-0.2, -0.15) is 0 Å². The maximum Gasteiger partial charge on any atom is 0.260 e. The molecule has 1 aliphatic heterocycles. The number of nitrogens with one attached hydrogen (secondary N) is 1. The van der Waals surface area contributed by atoms with Crippen LogP contribution in [-0.2, 0) is 0 Å². The number of aromatic nitrogens is 1. The summed E-state index contributed by atoms with van der Waals surface area (Å²) < 4.78 is 0. The zero-order chi connectivity index (χ0) is 10.8. The average molecular weight is 207 g/mol. The predicted molar refractivity (Wildman–Crippen MR) is 55.6 cm³/mol. The van der Waals surface area contributed by atoms with Crippen molar-refractivity contribution in [3.05, 3.63) is 34.2 Å². The summed E-state index contributed by atoms with van der Waals surface area (Å²) in [4.78, 5) is 27.3. The third-order valence-electron chi connectivity index (χ3n) is 2.56. The van der Waals surface area contributed by atoms with Crippen LogP contribution in [-0.4, -0.2) is 34.9 Å². The molecule has 0 aromatic carbocycles. The van der Waals surface area contributed by atoms with Gasteiger partial charge >= 0.3 is 0 Å². The zero-order valence-electron chi connectivity index (χ0n) is 8.27. The standard InChI is InChI=1S/C10H13N3O2/c11-7-3-5-13(6-7)10(15)8-2-1-4-12-9(8)14/h1-2,4,7H,3,5-6,11H2,(H,12,14)/t7-/m0/s1. The molecule has 2 heterocycles. The molecule has 5 heteroatoms. The van der Waals surface area contributed by atoms with Crippen molar-refractivity contribution < 1.29 is 4.79 Å². The Morgan fingerprint density at radius 1 is 1.60 bits per heavy atom. The first-order valence-corrected chi connectivity index (χ1v) is 4.91. The Hall–Kier alpha value is -1.62. The van der Waals surface area contributed by atoms with Crippen LogP contribution in [0, 0.1) is 0 Å². The molecule has 80 valence electrons. The van der Waals surface area contributed by atoms with E-state index in [-0.39, 0.29) is 23.1 Å². The molecule has 0 bridgehead atoms. The highest BCUT2D eigenvalue weighted by Gasteiger charge is 2.25. The topological polar surface area (TPSA) is 79.2 Å². The van der Waals surface area contributed by atoms with E-state index in [4.69, 9.17) is 5.73 Å². The largest absolute Gasteiger partial charge is 0.337 e. The molecule has 0 radical (unpaired) electrons. The molecule has 3 N–H and O–H groups in total. The van der Waals surface area contributed by atoms with Gasteiger partial charge in [0.2, 0.25) is 0 Å². The van der Waals surface area contributed by atoms with E-state index in [0.29, 0.717) is 13.1 Å². The van der Waals surface area contributed by atoms with Crippen LogP contribution >= 0.6 is 0 Å². The minimum absolute atomic E-state index is 0.0387. The molecule has 2 rings (SSSR count). The fourth-order valence-corrected chi connectivity index (χ4v) is 1.73. The summed E-state index contributed by atoms with van der Waals surface area (Å²) in [5.41, 5.74) is 5.54. The van der Waals surface area contributed by atoms with Gasteiger partial charge in [-0.1, -0.05) is 0 Å². The molecule has 5 nitrogen and oxygen atoms in total. The summed E-state index contributed by atoms with van der Waals surface area (Å²) in [5, 5.41) is 0. The molecule has 1 saturated heterocycles. The van der Waals surface area contributed by atoms with Gasteiger partial charge in [0.15, 0.2) is 0 Å². The lowest BCUT2D eigenvalue weighted by Gasteiger charge is -2.14. The van der Waals surface area contributed by atoms with E-state index in [9.17, 15) is 9.59 Å². The third kappa shape index (κ3) is 1.92. The van der Waals surface area contributed by atoms with E-state index >= 15 is 0 Å². The molecule has 0 aliphatic carbocycles. The molecule has 0 spiro atoms. The lowest BCUT2D eigenvalue weighted by atomic mass is 10.2. The highest BCUT2D eigenvalue weighted by molar-refractivity contribution is 5.94. The van der Waals surface area contributed by atoms with Crippen molar-refractivity contribution in [2.75, 3.05) is 13.1 Å². The summed E-state index contributed by atoms with van der Waals surface area (Å²) >= 11 is 0. The van der Waals surface area contributed by atoms with Gasteiger partial charge < -0.3 is 15.6 Å². The van der Waals surface area contributed by atoms with Crippen LogP contribution in [0.3, 0.4) is 0 Å². The molecule has 1 amide bonds. The Bertz CT molecular complexity index is 427. The van der Waals surface area contributed by atoms with E-state index in [2.05, 4.69) is 4.98 Å². The minimum atomic E-state index is -0.344. The van der Waals surface area contributed by atoms with E-state index < -0.39 is 0 Å². The van der Waals surface area contributed by atoms with E-state index in [1.54, 1.807) is 11.0 Å². The third-order valence-corrected chi connectivity index (χ3v) is 2.56. The average Bonchev–Trinajstić information content (AvgIpc) is 2.65. The van der Waals surface area contributed by atoms with Crippen molar-refractivity contribution in [1.29, 1.82) is 0 Å². The number of carbonyl (C=O) groups is 1. The lowest BCUT2D eigenvalue weighted by Crippen LogP contribution is -2.34. The van der Waals surface area contributed by atoms with Gasteiger partial charge in [-0.15, -0.1) is 0 Å². The number of carbonyl (C=O) groups excluding carboxylic acids is 1. The molecular weight excluding hydrogens is 194 g/mol. The monoisotopic (exact) mass is 207 g/mol. The van der Waals surface area contributed by atoms with Gasteiger partial charge in [0, 0.05) is 25.3 Å². The van der Waals surface area contributed by atoms with Crippen LogP contribution in [0.4, 0.5) is 0 Å². The Kier molecular flexibility index (Phi) is 2.55. The van der Waals surface area contributed by atoms with Crippen LogP contribution in [0.25, 0.3) is 0 Å². The van der Waals surface area contributed by atoms with E-state index in [0.717, 1.165) is 6.42 Å². The first-order valence-electron chi connectivity index (χ1n) is 4.91. The lowest BCUT2D eigenvalue weighted by molar-refractivity contribution is 0.0789. The van der Waals surface area contributed by atoms with Crippen molar-refractivity contribution in [2.45, 2.75) is 12.5 Å². The summed E-state index contributed by atoms with van der Waals surface area (Å²) in [6.45, 7) is 1.17. The Morgan fingerprint density at radius 2 is 2.40 bits per heavy atom. The van der Waals surface area contributed by atoms with Gasteiger partial charge in [0.1, 0.15) is 5.56 Å². The second-order valence-corrected chi connectivity index (χ2v) is 3.71. The van der Waals surface area contributed by atoms with E-state index in [1.165, 1.54) is 12.3 Å². The van der Waals surface area contributed by atoms with Crippen LogP contribution < -0.4 is 11.3 Å². The summed E-state index contributed by atoms with van der Waals surface area (Å²) in [6.07, 6.45) is 2.31. The maximum absolute atomic E-state index is 11.9. The molecule has 0 unspecified atom stereocenters. The van der Waals surface area contributed by atoms with Crippen molar-refractivity contribution >= 4 is 5.91 Å². The predicted octanol–water partition coefficient (Wildman–Crippen LogP) is -0.452. The summed E-state index contributed by atoms with van der Waals surface area (Å²) in [6, 6.07) is 3.21. The molecule has 1 aromatic rings. The first kappa shape index (κ1) is 9.92. The van der Waals surface area contributed by atoms with Crippen molar-refractivity contribution in [2.24, 2.45) is 5.73 Å². The zero-order valence-corrected chi connectivity index (χ0v) is 8.27. The first-order chi connectivity index (χ1) is 7.18. The number of hydrogen-bond donors (Lipinski definition) is 2. The molecule has 0 saturated carbocycles. The summed E-state index contributed by atoms with van der Waals surface area (Å²) in [5.74, 6) is -0.232. The number of amides is 1. The van der Waals surface area contributed by atoms with Crippen molar-refractivity contribution in [1.82, 2.24) is 9.88 Å². The second-order valence-electron chi connectivity index (χ2n) is 3.71. The molecule has 1 fully saturated rings. The quantitative estimate of drug-likeness (QED) is 0.654. The number of hydrogen-bond acceptors (Lipinski definition) is 3. The van der Waals surface area contributed by atoms with Crippen LogP contribution in [0.5, 0.6) is 0 Å². The maximum atomic E-state index is 11.9. The fraction of sp³-hybridized carbons (Fsp3) is 0.400. The van der Waals surface area contributed by atoms with Gasteiger partial charge in [-0.05, 0) is 18.6 Å². The highest BCUT2D eigenvalue weighted by atomic mass is 16.2. The smallest absolute Gasteiger partial charge is 0.260 e. The fourth-order valence-electron chi connectivity index (χ4n) is 1.73. The Morgan fingerprint density at radius 3 is 3.00 bits per heavy atom. The Labute approximate surface area is 86.9 Å². The second kappa shape index (κ2) is 3.86. The minimum Gasteiger partial charge on any atom is -0.337 e.